The number of imidazole rings is 1. The van der Waals surface area contributed by atoms with E-state index in [0.717, 1.165) is 49.5 Å². The number of hydrogen-bond acceptors (Lipinski definition) is 6. The molecule has 0 bridgehead atoms. The number of hydrogen-bond donors (Lipinski definition) is 1. The molecule has 0 spiro atoms. The highest BCUT2D eigenvalue weighted by Crippen LogP contribution is 2.57. The summed E-state index contributed by atoms with van der Waals surface area (Å²) in [5, 5.41) is 4.33. The lowest BCUT2D eigenvalue weighted by Crippen LogP contribution is -2.53. The number of amides is 3. The number of likely N-dealkylation sites (N-methyl/N-ethyl adjacent to an activating group) is 1. The van der Waals surface area contributed by atoms with E-state index in [1.165, 1.54) is 17.0 Å². The van der Waals surface area contributed by atoms with Crippen LogP contribution in [0.4, 0.5) is 13.6 Å². The Labute approximate surface area is 383 Å². The largest absolute Gasteiger partial charge is 0.489 e. The second-order valence-electron chi connectivity index (χ2n) is 16.2. The maximum Gasteiger partial charge on any atom is 0.329 e. The third-order valence-corrected chi connectivity index (χ3v) is 12.9. The normalized spacial score (nSPS) is 18.3. The fraction of sp³-hybridized carbons (Fsp3) is 0.375. The second kappa shape index (κ2) is 21.1. The molecule has 3 atom stereocenters. The van der Waals surface area contributed by atoms with E-state index in [0.29, 0.717) is 52.4 Å². The van der Waals surface area contributed by atoms with Gasteiger partial charge in [-0.2, -0.15) is 0 Å². The summed E-state index contributed by atoms with van der Waals surface area (Å²) >= 11 is 18.0. The number of carbonyl (C=O) groups excluding carboxylic acids is 3. The minimum Gasteiger partial charge on any atom is -0.489 e. The van der Waals surface area contributed by atoms with Crippen LogP contribution in [0, 0.1) is 17.6 Å². The zero-order valence-electron chi connectivity index (χ0n) is 35.9. The minimum absolute atomic E-state index is 0.0275. The van der Waals surface area contributed by atoms with Crippen molar-refractivity contribution < 1.29 is 27.9 Å². The van der Waals surface area contributed by atoms with Crippen LogP contribution in [0.2, 0.25) is 15.1 Å². The molecule has 1 aliphatic carbocycles. The van der Waals surface area contributed by atoms with E-state index in [1.54, 1.807) is 54.4 Å². The summed E-state index contributed by atoms with van der Waals surface area (Å²) in [6.07, 6.45) is 7.56. The van der Waals surface area contributed by atoms with Gasteiger partial charge in [0.1, 0.15) is 12.9 Å². The Bertz CT molecular complexity index is 2310. The molecule has 1 aliphatic heterocycles. The molecule has 4 aromatic carbocycles. The molecule has 0 radical (unpaired) electrons. The maximum absolute atomic E-state index is 14.4. The smallest absolute Gasteiger partial charge is 0.329 e. The summed E-state index contributed by atoms with van der Waals surface area (Å²) in [5.41, 5.74) is 1.31. The lowest BCUT2D eigenvalue weighted by Gasteiger charge is -2.43. The molecule has 334 valence electrons. The summed E-state index contributed by atoms with van der Waals surface area (Å²) in [5.74, 6) is -1.65. The Morgan fingerprint density at radius 2 is 1.56 bits per heavy atom. The van der Waals surface area contributed by atoms with Crippen molar-refractivity contribution >= 4 is 52.6 Å². The van der Waals surface area contributed by atoms with Gasteiger partial charge in [0.15, 0.2) is 17.4 Å². The van der Waals surface area contributed by atoms with E-state index in [4.69, 9.17) is 39.5 Å². The van der Waals surface area contributed by atoms with Gasteiger partial charge in [-0.3, -0.25) is 14.2 Å². The highest BCUT2D eigenvalue weighted by Gasteiger charge is 2.62. The monoisotopic (exact) mass is 920 g/mol. The van der Waals surface area contributed by atoms with Crippen LogP contribution in [0.1, 0.15) is 69.2 Å². The number of carbonyl (C=O) groups is 3. The van der Waals surface area contributed by atoms with Crippen LogP contribution in [0.3, 0.4) is 0 Å². The Hall–Kier alpha value is -5.01. The van der Waals surface area contributed by atoms with E-state index in [1.807, 2.05) is 62.4 Å². The van der Waals surface area contributed by atoms with Crippen LogP contribution in [-0.2, 0) is 20.5 Å². The van der Waals surface area contributed by atoms with Gasteiger partial charge in [0, 0.05) is 57.6 Å². The van der Waals surface area contributed by atoms with Crippen LogP contribution in [-0.4, -0.2) is 88.5 Å². The van der Waals surface area contributed by atoms with E-state index in [2.05, 4.69) is 27.3 Å². The summed E-state index contributed by atoms with van der Waals surface area (Å²) in [4.78, 5) is 48.2. The number of nitrogens with zero attached hydrogens (tertiary/aromatic N) is 5. The van der Waals surface area contributed by atoms with Gasteiger partial charge in [-0.05, 0) is 79.5 Å². The molecule has 1 saturated carbocycles. The number of piperidine rings is 1. The first kappa shape index (κ1) is 47.5. The van der Waals surface area contributed by atoms with E-state index >= 15 is 0 Å². The van der Waals surface area contributed by atoms with Crippen LogP contribution in [0.15, 0.2) is 110 Å². The Morgan fingerprint density at radius 1 is 0.905 bits per heavy atom. The van der Waals surface area contributed by atoms with Gasteiger partial charge >= 0.3 is 6.03 Å². The van der Waals surface area contributed by atoms with E-state index < -0.39 is 22.6 Å². The summed E-state index contributed by atoms with van der Waals surface area (Å²) in [6.45, 7) is 9.00. The van der Waals surface area contributed by atoms with Crippen LogP contribution in [0.25, 0.3) is 0 Å². The van der Waals surface area contributed by atoms with Gasteiger partial charge in [-0.1, -0.05) is 108 Å². The van der Waals surface area contributed by atoms with Crippen molar-refractivity contribution in [1.82, 2.24) is 29.6 Å². The summed E-state index contributed by atoms with van der Waals surface area (Å²) in [6, 6.07) is 26.6. The van der Waals surface area contributed by atoms with Gasteiger partial charge in [-0.25, -0.2) is 18.6 Å². The molecule has 15 heteroatoms. The molecule has 1 N–H and O–H groups in total. The lowest BCUT2D eigenvalue weighted by molar-refractivity contribution is -0.135. The van der Waals surface area contributed by atoms with E-state index in [9.17, 15) is 23.2 Å². The summed E-state index contributed by atoms with van der Waals surface area (Å²) in [7, 11) is 1.79. The molecule has 10 nitrogen and oxygen atoms in total. The average molecular weight is 922 g/mol. The van der Waals surface area contributed by atoms with Crippen LogP contribution >= 0.6 is 34.8 Å². The third-order valence-electron chi connectivity index (χ3n) is 12.1. The van der Waals surface area contributed by atoms with Gasteiger partial charge in [0.2, 0.25) is 11.8 Å². The van der Waals surface area contributed by atoms with Crippen molar-refractivity contribution in [2.24, 2.45) is 5.92 Å². The first-order valence-corrected chi connectivity index (χ1v) is 22.2. The average Bonchev–Trinajstić information content (AvgIpc) is 3.71. The van der Waals surface area contributed by atoms with Crippen LogP contribution < -0.4 is 10.1 Å². The Morgan fingerprint density at radius 3 is 2.14 bits per heavy atom. The van der Waals surface area contributed by atoms with Crippen molar-refractivity contribution in [2.45, 2.75) is 63.5 Å². The van der Waals surface area contributed by atoms with Gasteiger partial charge in [0.25, 0.3) is 0 Å². The number of benzene rings is 4. The first-order valence-electron chi connectivity index (χ1n) is 21.1. The zero-order chi connectivity index (χ0) is 45.3. The van der Waals surface area contributed by atoms with Crippen molar-refractivity contribution in [3.05, 3.63) is 153 Å². The van der Waals surface area contributed by atoms with Crippen molar-refractivity contribution in [3.63, 3.8) is 0 Å². The number of aromatic nitrogens is 2. The van der Waals surface area contributed by atoms with Gasteiger partial charge < -0.3 is 24.8 Å². The lowest BCUT2D eigenvalue weighted by atomic mass is 9.80. The molecular formula is C48H53Cl3F2N6O4. The third kappa shape index (κ3) is 11.2. The molecule has 63 heavy (non-hydrogen) atoms. The highest BCUT2D eigenvalue weighted by molar-refractivity contribution is 6.40. The maximum atomic E-state index is 14.4. The fourth-order valence-electron chi connectivity index (χ4n) is 8.55. The molecule has 7 rings (SSSR count). The molecule has 3 amide bonds. The first-order chi connectivity index (χ1) is 30.2. The molecule has 1 aromatic heterocycles. The van der Waals surface area contributed by atoms with Gasteiger partial charge in [-0.15, -0.1) is 0 Å². The number of ether oxygens (including phenoxy) is 1. The second-order valence-corrected chi connectivity index (χ2v) is 17.5. The standard InChI is InChI=1S/C33H37F2N3O2.C15H16Cl3N3O2/c1-23(25-10-6-4-7-11-25)37(3)31(40)33(27-14-15-29(34)30(35)20-27)21-28(33)22-38-18-16-32(17-19-38,36-24(2)39)26-12-8-5-9-13-26;1-2-4-20(15(22)21-5-3-19-10-21)6-7-23-14-12(17)8-11(16)9-13(14)18/h4-15,20,23,28H,16-19,21-22H2,1-3H3,(H,36,39);3,5,8-10H,2,4,6-7H2,1H3/t23?,28-,33+;/m0./s1. The van der Waals surface area contributed by atoms with Crippen molar-refractivity contribution in [3.8, 4) is 5.75 Å². The predicted molar refractivity (Wildman–Crippen MR) is 243 cm³/mol. The number of rotatable bonds is 14. The van der Waals surface area contributed by atoms with E-state index in [-0.39, 0.29) is 36.4 Å². The Balaban J connectivity index is 0.000000244. The number of nitrogens with one attached hydrogen (secondary N) is 1. The fourth-order valence-corrected chi connectivity index (χ4v) is 9.48. The van der Waals surface area contributed by atoms with Gasteiger partial charge in [0.05, 0.1) is 33.6 Å². The molecule has 2 fully saturated rings. The molecular weight excluding hydrogens is 869 g/mol. The zero-order valence-corrected chi connectivity index (χ0v) is 38.1. The predicted octanol–water partition coefficient (Wildman–Crippen LogP) is 10.2. The summed E-state index contributed by atoms with van der Waals surface area (Å²) < 4.78 is 35.4. The molecule has 2 heterocycles. The molecule has 5 aromatic rings. The topological polar surface area (TPSA) is 100 Å². The Kier molecular flexibility index (Phi) is 15.9. The number of halogens is 5. The van der Waals surface area contributed by atoms with Crippen molar-refractivity contribution in [2.75, 3.05) is 46.4 Å². The quantitative estimate of drug-likeness (QED) is 0.119. The molecule has 2 aliphatic rings. The number of likely N-dealkylation sites (tertiary alicyclic amines) is 1. The van der Waals surface area contributed by atoms with Crippen molar-refractivity contribution in [1.29, 1.82) is 0 Å². The minimum atomic E-state index is -0.935. The molecule has 1 unspecified atom stereocenters. The van der Waals surface area contributed by atoms with Crippen LogP contribution in [0.5, 0.6) is 5.75 Å². The molecule has 1 saturated heterocycles. The highest BCUT2D eigenvalue weighted by atomic mass is 35.5. The SMILES string of the molecule is CC(=O)NC1(c2ccccc2)CCN(C[C@@H]2C[C@@]2(C(=O)N(C)C(C)c2ccccc2)c2ccc(F)c(F)c2)CC1.CCCN(CCOc1c(Cl)cc(Cl)cc1Cl)C(=O)n1ccnc1.